The van der Waals surface area contributed by atoms with Gasteiger partial charge >= 0.3 is 5.97 Å². The second-order valence-electron chi connectivity index (χ2n) is 3.88. The molecule has 1 aromatic rings. The highest BCUT2D eigenvalue weighted by Gasteiger charge is 2.25. The SMILES string of the molecule is O=C(O)CC1COCCN1Cc1ccco1. The molecule has 2 rings (SSSR count). The number of morpholine rings is 1. The van der Waals surface area contributed by atoms with Gasteiger partial charge in [0.2, 0.25) is 0 Å². The highest BCUT2D eigenvalue weighted by Crippen LogP contribution is 2.15. The molecule has 0 radical (unpaired) electrons. The van der Waals surface area contributed by atoms with Crippen molar-refractivity contribution < 1.29 is 19.1 Å². The number of hydrogen-bond acceptors (Lipinski definition) is 4. The summed E-state index contributed by atoms with van der Waals surface area (Å²) in [5, 5.41) is 8.80. The van der Waals surface area contributed by atoms with E-state index in [4.69, 9.17) is 14.3 Å². The van der Waals surface area contributed by atoms with E-state index in [0.29, 0.717) is 19.8 Å². The quantitative estimate of drug-likeness (QED) is 0.826. The fourth-order valence-corrected chi connectivity index (χ4v) is 1.89. The third kappa shape index (κ3) is 2.84. The highest BCUT2D eigenvalue weighted by molar-refractivity contribution is 5.67. The van der Waals surface area contributed by atoms with Crippen molar-refractivity contribution in [3.05, 3.63) is 24.2 Å². The zero-order valence-electron chi connectivity index (χ0n) is 8.96. The Morgan fingerprint density at radius 3 is 3.19 bits per heavy atom. The zero-order chi connectivity index (χ0) is 11.4. The van der Waals surface area contributed by atoms with Crippen LogP contribution in [-0.4, -0.2) is 41.8 Å². The summed E-state index contributed by atoms with van der Waals surface area (Å²) in [6, 6.07) is 3.67. The lowest BCUT2D eigenvalue weighted by molar-refractivity contribution is -0.140. The molecule has 1 aromatic heterocycles. The maximum Gasteiger partial charge on any atom is 0.305 e. The highest BCUT2D eigenvalue weighted by atomic mass is 16.5. The first-order valence-corrected chi connectivity index (χ1v) is 5.31. The second-order valence-corrected chi connectivity index (χ2v) is 3.88. The van der Waals surface area contributed by atoms with Crippen molar-refractivity contribution >= 4 is 5.97 Å². The number of nitrogens with zero attached hydrogens (tertiary/aromatic N) is 1. The van der Waals surface area contributed by atoms with E-state index >= 15 is 0 Å². The third-order valence-electron chi connectivity index (χ3n) is 2.70. The molecule has 1 unspecified atom stereocenters. The molecule has 0 spiro atoms. The van der Waals surface area contributed by atoms with Gasteiger partial charge in [-0.2, -0.15) is 0 Å². The van der Waals surface area contributed by atoms with Crippen LogP contribution in [0.2, 0.25) is 0 Å². The maximum atomic E-state index is 10.7. The molecule has 16 heavy (non-hydrogen) atoms. The maximum absolute atomic E-state index is 10.7. The molecular weight excluding hydrogens is 210 g/mol. The lowest BCUT2D eigenvalue weighted by Gasteiger charge is -2.34. The van der Waals surface area contributed by atoms with Crippen molar-refractivity contribution in [1.29, 1.82) is 0 Å². The third-order valence-corrected chi connectivity index (χ3v) is 2.70. The van der Waals surface area contributed by atoms with Crippen LogP contribution in [0.4, 0.5) is 0 Å². The van der Waals surface area contributed by atoms with E-state index in [1.54, 1.807) is 6.26 Å². The van der Waals surface area contributed by atoms with Gasteiger partial charge in [0.25, 0.3) is 0 Å². The molecule has 1 fully saturated rings. The average molecular weight is 225 g/mol. The van der Waals surface area contributed by atoms with Gasteiger partial charge in [0, 0.05) is 12.6 Å². The summed E-state index contributed by atoms with van der Waals surface area (Å²) < 4.78 is 10.6. The number of ether oxygens (including phenoxy) is 1. The van der Waals surface area contributed by atoms with Gasteiger partial charge in [-0.1, -0.05) is 0 Å². The van der Waals surface area contributed by atoms with Gasteiger partial charge in [-0.05, 0) is 12.1 Å². The monoisotopic (exact) mass is 225 g/mol. The number of furan rings is 1. The number of carboxylic acids is 1. The van der Waals surface area contributed by atoms with Crippen LogP contribution in [0.25, 0.3) is 0 Å². The number of hydrogen-bond donors (Lipinski definition) is 1. The van der Waals surface area contributed by atoms with Gasteiger partial charge in [0.15, 0.2) is 0 Å². The van der Waals surface area contributed by atoms with Gasteiger partial charge in [0.1, 0.15) is 5.76 Å². The van der Waals surface area contributed by atoms with Crippen LogP contribution in [0.15, 0.2) is 22.8 Å². The van der Waals surface area contributed by atoms with E-state index in [1.165, 1.54) is 0 Å². The van der Waals surface area contributed by atoms with Crippen LogP contribution < -0.4 is 0 Å². The van der Waals surface area contributed by atoms with Crippen LogP contribution in [0.5, 0.6) is 0 Å². The molecule has 1 aliphatic rings. The summed E-state index contributed by atoms with van der Waals surface area (Å²) in [7, 11) is 0. The van der Waals surface area contributed by atoms with Gasteiger partial charge in [0.05, 0.1) is 32.4 Å². The summed E-state index contributed by atoms with van der Waals surface area (Å²) in [4.78, 5) is 12.8. The molecule has 1 N–H and O–H groups in total. The molecule has 0 aromatic carbocycles. The first-order valence-electron chi connectivity index (χ1n) is 5.31. The minimum Gasteiger partial charge on any atom is -0.481 e. The fraction of sp³-hybridized carbons (Fsp3) is 0.545. The molecule has 5 heteroatoms. The molecule has 0 aliphatic carbocycles. The minimum atomic E-state index is -0.792. The Hall–Kier alpha value is -1.33. The van der Waals surface area contributed by atoms with Crippen LogP contribution >= 0.6 is 0 Å². The molecule has 1 saturated heterocycles. The normalized spacial score (nSPS) is 22.1. The fourth-order valence-electron chi connectivity index (χ4n) is 1.89. The summed E-state index contributed by atoms with van der Waals surface area (Å²) in [5.74, 6) is 0.0669. The number of carbonyl (C=O) groups is 1. The van der Waals surface area contributed by atoms with E-state index in [2.05, 4.69) is 4.90 Å². The predicted molar refractivity (Wildman–Crippen MR) is 56.0 cm³/mol. The lowest BCUT2D eigenvalue weighted by Crippen LogP contribution is -2.45. The average Bonchev–Trinajstić information content (AvgIpc) is 2.73. The van der Waals surface area contributed by atoms with Crippen molar-refractivity contribution in [3.63, 3.8) is 0 Å². The Bertz CT molecular complexity index is 336. The largest absolute Gasteiger partial charge is 0.481 e. The van der Waals surface area contributed by atoms with Crippen LogP contribution in [0.3, 0.4) is 0 Å². The molecular formula is C11H15NO4. The van der Waals surface area contributed by atoms with Crippen LogP contribution in [-0.2, 0) is 16.1 Å². The van der Waals surface area contributed by atoms with Gasteiger partial charge < -0.3 is 14.3 Å². The van der Waals surface area contributed by atoms with Gasteiger partial charge in [-0.15, -0.1) is 0 Å². The van der Waals surface area contributed by atoms with Crippen molar-refractivity contribution in [2.75, 3.05) is 19.8 Å². The van der Waals surface area contributed by atoms with E-state index in [0.717, 1.165) is 12.3 Å². The van der Waals surface area contributed by atoms with Crippen LogP contribution in [0.1, 0.15) is 12.2 Å². The number of aliphatic carboxylic acids is 1. The van der Waals surface area contributed by atoms with Crippen molar-refractivity contribution in [1.82, 2.24) is 4.90 Å². The van der Waals surface area contributed by atoms with Crippen molar-refractivity contribution in [2.24, 2.45) is 0 Å². The van der Waals surface area contributed by atoms with E-state index in [1.807, 2.05) is 12.1 Å². The smallest absolute Gasteiger partial charge is 0.305 e. The standard InChI is InChI=1S/C11H15NO4/c13-11(14)6-9-8-15-5-3-12(9)7-10-2-1-4-16-10/h1-2,4,9H,3,5-8H2,(H,13,14). The second kappa shape index (κ2) is 5.14. The molecule has 0 bridgehead atoms. The predicted octanol–water partition coefficient (Wildman–Crippen LogP) is 0.955. The Labute approximate surface area is 93.6 Å². The molecule has 0 saturated carbocycles. The molecule has 2 heterocycles. The number of carboxylic acid groups (broad SMARTS) is 1. The molecule has 5 nitrogen and oxygen atoms in total. The van der Waals surface area contributed by atoms with E-state index < -0.39 is 5.97 Å². The Morgan fingerprint density at radius 2 is 2.50 bits per heavy atom. The summed E-state index contributed by atoms with van der Waals surface area (Å²) in [6.07, 6.45) is 1.74. The van der Waals surface area contributed by atoms with Gasteiger partial charge in [-0.25, -0.2) is 0 Å². The summed E-state index contributed by atoms with van der Waals surface area (Å²) in [5.41, 5.74) is 0. The van der Waals surface area contributed by atoms with Crippen LogP contribution in [0, 0.1) is 0 Å². The first kappa shape index (κ1) is 11.2. The lowest BCUT2D eigenvalue weighted by atomic mass is 10.1. The summed E-state index contributed by atoms with van der Waals surface area (Å²) >= 11 is 0. The molecule has 1 atom stereocenters. The van der Waals surface area contributed by atoms with E-state index in [9.17, 15) is 4.79 Å². The zero-order valence-corrected chi connectivity index (χ0v) is 8.96. The Kier molecular flexibility index (Phi) is 3.58. The van der Waals surface area contributed by atoms with Gasteiger partial charge in [-0.3, -0.25) is 9.69 Å². The topological polar surface area (TPSA) is 62.9 Å². The van der Waals surface area contributed by atoms with E-state index in [-0.39, 0.29) is 12.5 Å². The molecule has 1 aliphatic heterocycles. The number of rotatable bonds is 4. The first-order chi connectivity index (χ1) is 7.75. The molecule has 0 amide bonds. The molecule has 88 valence electrons. The van der Waals surface area contributed by atoms with Crippen molar-refractivity contribution in [2.45, 2.75) is 19.0 Å². The van der Waals surface area contributed by atoms with Crippen molar-refractivity contribution in [3.8, 4) is 0 Å². The Balaban J connectivity index is 1.96. The minimum absolute atomic E-state index is 0.0589. The Morgan fingerprint density at radius 1 is 1.62 bits per heavy atom. The summed E-state index contributed by atoms with van der Waals surface area (Å²) in [6.45, 7) is 2.52.